The quantitative estimate of drug-likeness (QED) is 0.760. The summed E-state index contributed by atoms with van der Waals surface area (Å²) in [7, 11) is 0. The van der Waals surface area contributed by atoms with E-state index in [0.29, 0.717) is 19.0 Å². The van der Waals surface area contributed by atoms with Crippen molar-refractivity contribution in [3.63, 3.8) is 0 Å². The number of aromatic nitrogens is 2. The van der Waals surface area contributed by atoms with E-state index in [9.17, 15) is 9.50 Å². The van der Waals surface area contributed by atoms with Crippen molar-refractivity contribution >= 4 is 22.8 Å². The third-order valence-corrected chi connectivity index (χ3v) is 5.67. The SMILES string of the molecule is CC(C)(O)c1nc(N2C[C@@H](C[As])[C@](N)(c3ccccc3)C2)ncc1F. The molecule has 3 rings (SSSR count). The van der Waals surface area contributed by atoms with Gasteiger partial charge in [0.15, 0.2) is 0 Å². The second kappa shape index (κ2) is 6.67. The van der Waals surface area contributed by atoms with Crippen LogP contribution >= 0.6 is 0 Å². The second-order valence-electron chi connectivity index (χ2n) is 7.09. The van der Waals surface area contributed by atoms with Crippen LogP contribution in [0, 0.1) is 11.7 Å². The van der Waals surface area contributed by atoms with Crippen LogP contribution in [0.3, 0.4) is 0 Å². The number of hydrogen-bond acceptors (Lipinski definition) is 5. The van der Waals surface area contributed by atoms with Gasteiger partial charge in [-0.3, -0.25) is 0 Å². The number of hydrogen-bond donors (Lipinski definition) is 2. The molecule has 2 aromatic rings. The molecule has 1 fully saturated rings. The monoisotopic (exact) mass is 404 g/mol. The number of halogens is 1. The zero-order valence-corrected chi connectivity index (χ0v) is 16.2. The molecule has 1 aliphatic rings. The van der Waals surface area contributed by atoms with Crippen LogP contribution in [0.5, 0.6) is 0 Å². The molecular formula is C18H22AsFN4O. The molecule has 1 aromatic heterocycles. The zero-order valence-electron chi connectivity index (χ0n) is 14.4. The summed E-state index contributed by atoms with van der Waals surface area (Å²) in [6, 6.07) is 10.00. The molecule has 1 aromatic carbocycles. The average molecular weight is 404 g/mol. The van der Waals surface area contributed by atoms with Crippen molar-refractivity contribution in [3.8, 4) is 0 Å². The molecule has 0 unspecified atom stereocenters. The van der Waals surface area contributed by atoms with E-state index in [0.717, 1.165) is 17.0 Å². The maximum atomic E-state index is 14.0. The topological polar surface area (TPSA) is 75.3 Å². The van der Waals surface area contributed by atoms with Crippen LogP contribution in [0.1, 0.15) is 25.1 Å². The van der Waals surface area contributed by atoms with Crippen LogP contribution in [-0.2, 0) is 11.1 Å². The normalized spacial score (nSPS) is 23.9. The first-order valence-electron chi connectivity index (χ1n) is 8.21. The Hall–Kier alpha value is -1.49. The predicted octanol–water partition coefficient (Wildman–Crippen LogP) is 1.72. The standard InChI is InChI=1S/C18H22AsFN4O/c1-17(2,25)15-14(20)9-22-16(23-15)24-10-13(8-19)18(21,11-24)12-6-4-3-5-7-12/h3-7,9,13,25H,8,10-11,21H2,1-2H3/t13-,18-/m1/s1. The Bertz CT molecular complexity index is 752. The van der Waals surface area contributed by atoms with Crippen molar-refractivity contribution in [3.05, 3.63) is 53.6 Å². The number of benzene rings is 1. The first kappa shape index (κ1) is 18.3. The first-order valence-corrected chi connectivity index (χ1v) is 9.54. The van der Waals surface area contributed by atoms with Gasteiger partial charge in [-0.2, -0.15) is 0 Å². The van der Waals surface area contributed by atoms with Gasteiger partial charge in [-0.1, -0.05) is 0 Å². The van der Waals surface area contributed by atoms with Gasteiger partial charge in [-0.25, -0.2) is 0 Å². The van der Waals surface area contributed by atoms with Gasteiger partial charge in [-0.05, 0) is 0 Å². The molecule has 7 heteroatoms. The van der Waals surface area contributed by atoms with E-state index in [-0.39, 0.29) is 11.6 Å². The summed E-state index contributed by atoms with van der Waals surface area (Å²) in [4.78, 5) is 10.4. The van der Waals surface area contributed by atoms with Crippen LogP contribution in [0.15, 0.2) is 36.5 Å². The minimum atomic E-state index is -1.37. The summed E-state index contributed by atoms with van der Waals surface area (Å²) in [5.74, 6) is -0.0110. The van der Waals surface area contributed by atoms with Gasteiger partial charge >= 0.3 is 156 Å². The molecule has 2 heterocycles. The van der Waals surface area contributed by atoms with Crippen molar-refractivity contribution in [1.29, 1.82) is 0 Å². The zero-order chi connectivity index (χ0) is 18.2. The molecule has 0 aliphatic carbocycles. The van der Waals surface area contributed by atoms with Crippen LogP contribution in [0.25, 0.3) is 0 Å². The molecule has 1 saturated heterocycles. The Kier molecular flexibility index (Phi) is 4.88. The number of nitrogens with zero attached hydrogens (tertiary/aromatic N) is 3. The summed E-state index contributed by atoms with van der Waals surface area (Å²) >= 11 is 2.60. The molecule has 1 aliphatic heterocycles. The summed E-state index contributed by atoms with van der Waals surface area (Å²) in [5.41, 5.74) is 5.95. The predicted molar refractivity (Wildman–Crippen MR) is 95.8 cm³/mol. The van der Waals surface area contributed by atoms with Gasteiger partial charge in [0.2, 0.25) is 0 Å². The van der Waals surface area contributed by atoms with Gasteiger partial charge in [-0.15, -0.1) is 0 Å². The van der Waals surface area contributed by atoms with Crippen LogP contribution in [0.4, 0.5) is 10.3 Å². The number of anilines is 1. The molecule has 0 spiro atoms. The first-order chi connectivity index (χ1) is 11.8. The Morgan fingerprint density at radius 3 is 2.68 bits per heavy atom. The molecule has 5 nitrogen and oxygen atoms in total. The Morgan fingerprint density at radius 2 is 2.08 bits per heavy atom. The van der Waals surface area contributed by atoms with Gasteiger partial charge in [0.1, 0.15) is 0 Å². The van der Waals surface area contributed by atoms with Crippen molar-refractivity contribution < 1.29 is 9.50 Å². The van der Waals surface area contributed by atoms with Gasteiger partial charge < -0.3 is 0 Å². The maximum absolute atomic E-state index is 14.0. The van der Waals surface area contributed by atoms with E-state index >= 15 is 0 Å². The molecule has 2 atom stereocenters. The average Bonchev–Trinajstić information content (AvgIpc) is 2.93. The molecule has 0 saturated carbocycles. The van der Waals surface area contributed by atoms with Gasteiger partial charge in [0.25, 0.3) is 0 Å². The molecule has 132 valence electrons. The van der Waals surface area contributed by atoms with E-state index in [1.807, 2.05) is 35.2 Å². The number of rotatable bonds is 4. The fourth-order valence-electron chi connectivity index (χ4n) is 3.33. The summed E-state index contributed by atoms with van der Waals surface area (Å²) < 4.78 is 14.0. The van der Waals surface area contributed by atoms with Crippen molar-refractivity contribution in [2.24, 2.45) is 11.7 Å². The fourth-order valence-corrected chi connectivity index (χ4v) is 4.25. The third-order valence-electron chi connectivity index (χ3n) is 4.75. The molecule has 2 radical (unpaired) electrons. The van der Waals surface area contributed by atoms with E-state index < -0.39 is 17.0 Å². The minimum absolute atomic E-state index is 0.00411. The van der Waals surface area contributed by atoms with Crippen molar-refractivity contribution in [2.75, 3.05) is 18.0 Å². The van der Waals surface area contributed by atoms with Gasteiger partial charge in [0, 0.05) is 0 Å². The van der Waals surface area contributed by atoms with E-state index in [1.165, 1.54) is 13.8 Å². The Morgan fingerprint density at radius 1 is 1.40 bits per heavy atom. The molecule has 0 amide bonds. The Labute approximate surface area is 156 Å². The molecule has 3 N–H and O–H groups in total. The number of nitrogens with two attached hydrogens (primary N) is 1. The summed E-state index contributed by atoms with van der Waals surface area (Å²) in [5, 5.41) is 11.0. The molecule has 0 bridgehead atoms. The number of aliphatic hydroxyl groups is 1. The van der Waals surface area contributed by atoms with Crippen LogP contribution < -0.4 is 10.6 Å². The third kappa shape index (κ3) is 3.43. The van der Waals surface area contributed by atoms with Crippen LogP contribution in [0.2, 0.25) is 5.21 Å². The summed E-state index contributed by atoms with van der Waals surface area (Å²) in [6.07, 6.45) is 1.12. The van der Waals surface area contributed by atoms with Crippen molar-refractivity contribution in [2.45, 2.75) is 30.2 Å². The fraction of sp³-hybridized carbons (Fsp3) is 0.444. The van der Waals surface area contributed by atoms with Crippen molar-refractivity contribution in [1.82, 2.24) is 9.97 Å². The van der Waals surface area contributed by atoms with E-state index in [1.54, 1.807) is 0 Å². The van der Waals surface area contributed by atoms with Gasteiger partial charge in [0.05, 0.1) is 0 Å². The molecular weight excluding hydrogens is 382 g/mol. The van der Waals surface area contributed by atoms with E-state index in [4.69, 9.17) is 5.73 Å². The second-order valence-corrected chi connectivity index (χ2v) is 7.86. The van der Waals surface area contributed by atoms with E-state index in [2.05, 4.69) is 26.8 Å². The van der Waals surface area contributed by atoms with Crippen LogP contribution in [-0.4, -0.2) is 45.0 Å². The summed E-state index contributed by atoms with van der Waals surface area (Å²) in [6.45, 7) is 4.23. The molecule has 25 heavy (non-hydrogen) atoms. The Balaban J connectivity index is 1.96.